The molecule has 1 saturated heterocycles. The van der Waals surface area contributed by atoms with Crippen LogP contribution in [0.3, 0.4) is 0 Å². The van der Waals surface area contributed by atoms with Crippen LogP contribution in [0.15, 0.2) is 24.3 Å². The van der Waals surface area contributed by atoms with Crippen LogP contribution in [0.4, 0.5) is 13.2 Å². The van der Waals surface area contributed by atoms with E-state index in [1.165, 1.54) is 12.1 Å². The summed E-state index contributed by atoms with van der Waals surface area (Å²) in [4.78, 5) is 13.2. The quantitative estimate of drug-likeness (QED) is 0.919. The number of hydrogen-bond donors (Lipinski definition) is 1. The third-order valence-electron chi connectivity index (χ3n) is 3.36. The number of piperazine rings is 1. The lowest BCUT2D eigenvalue weighted by molar-refractivity contribution is -0.138. The second kappa shape index (κ2) is 6.26. The maximum Gasteiger partial charge on any atom is 0.416 e. The molecular formula is C14H17F3N2O. The Morgan fingerprint density at radius 3 is 2.70 bits per heavy atom. The van der Waals surface area contributed by atoms with Gasteiger partial charge in [0.2, 0.25) is 5.91 Å². The van der Waals surface area contributed by atoms with E-state index in [0.29, 0.717) is 38.0 Å². The second-order valence-electron chi connectivity index (χ2n) is 4.88. The lowest BCUT2D eigenvalue weighted by Gasteiger charge is -2.26. The summed E-state index contributed by atoms with van der Waals surface area (Å²) in [5.41, 5.74) is -0.238. The minimum Gasteiger partial charge on any atom is -0.354 e. The van der Waals surface area contributed by atoms with Gasteiger partial charge in [-0.15, -0.1) is 0 Å². The third kappa shape index (κ3) is 3.96. The first kappa shape index (κ1) is 14.8. The smallest absolute Gasteiger partial charge is 0.354 e. The molecule has 3 nitrogen and oxygen atoms in total. The Labute approximate surface area is 115 Å². The van der Waals surface area contributed by atoms with E-state index in [9.17, 15) is 18.0 Å². The molecule has 0 radical (unpaired) electrons. The summed E-state index contributed by atoms with van der Waals surface area (Å²) in [5, 5.41) is 2.72. The van der Waals surface area contributed by atoms with Crippen LogP contribution in [0.1, 0.15) is 17.5 Å². The Balaban J connectivity index is 1.90. The Kier molecular flexibility index (Phi) is 4.65. The van der Waals surface area contributed by atoms with Crippen molar-refractivity contribution in [3.05, 3.63) is 35.4 Å². The van der Waals surface area contributed by atoms with Crippen LogP contribution in [0, 0.1) is 0 Å². The van der Waals surface area contributed by atoms with Crippen molar-refractivity contribution in [1.82, 2.24) is 10.2 Å². The normalized spacial score (nSPS) is 17.1. The van der Waals surface area contributed by atoms with Crippen molar-refractivity contribution in [2.24, 2.45) is 0 Å². The number of carbonyl (C=O) groups excluding carboxylic acids is 1. The van der Waals surface area contributed by atoms with Crippen LogP contribution in [0.25, 0.3) is 0 Å². The van der Waals surface area contributed by atoms with Crippen molar-refractivity contribution in [2.45, 2.75) is 19.0 Å². The number of amides is 1. The van der Waals surface area contributed by atoms with Gasteiger partial charge in [0.25, 0.3) is 0 Å². The molecule has 0 atom stereocenters. The van der Waals surface area contributed by atoms with Gasteiger partial charge in [0.1, 0.15) is 0 Å². The molecule has 1 aliphatic heterocycles. The number of nitrogens with one attached hydrogen (secondary N) is 1. The highest BCUT2D eigenvalue weighted by Gasteiger charge is 2.32. The average molecular weight is 286 g/mol. The highest BCUT2D eigenvalue weighted by atomic mass is 19.4. The van der Waals surface area contributed by atoms with E-state index in [1.807, 2.05) is 4.90 Å². The van der Waals surface area contributed by atoms with Crippen LogP contribution in [0.5, 0.6) is 0 Å². The molecule has 0 aliphatic carbocycles. The zero-order chi connectivity index (χ0) is 14.6. The predicted molar refractivity (Wildman–Crippen MR) is 69.2 cm³/mol. The minimum absolute atomic E-state index is 0.0214. The standard InChI is InChI=1S/C14H17F3N2O/c15-14(16,17)12-6-2-1-4-11(12)5-3-8-19-9-7-18-13(20)10-19/h1-2,4,6H,3,5,7-10H2,(H,18,20). The van der Waals surface area contributed by atoms with Crippen molar-refractivity contribution in [3.63, 3.8) is 0 Å². The molecule has 0 aromatic heterocycles. The summed E-state index contributed by atoms with van der Waals surface area (Å²) >= 11 is 0. The van der Waals surface area contributed by atoms with Gasteiger partial charge in [-0.1, -0.05) is 18.2 Å². The van der Waals surface area contributed by atoms with Gasteiger partial charge < -0.3 is 5.32 Å². The van der Waals surface area contributed by atoms with Crippen LogP contribution < -0.4 is 5.32 Å². The average Bonchev–Trinajstić information content (AvgIpc) is 2.38. The molecule has 110 valence electrons. The molecule has 1 aliphatic rings. The molecule has 20 heavy (non-hydrogen) atoms. The SMILES string of the molecule is O=C1CN(CCCc2ccccc2C(F)(F)F)CCN1. The number of rotatable bonds is 4. The first-order chi connectivity index (χ1) is 9.47. The Hall–Kier alpha value is -1.56. The maximum atomic E-state index is 12.8. The number of aryl methyl sites for hydroxylation is 1. The lowest BCUT2D eigenvalue weighted by atomic mass is 10.0. The fourth-order valence-corrected chi connectivity index (χ4v) is 2.39. The van der Waals surface area contributed by atoms with Crippen LogP contribution in [0.2, 0.25) is 0 Å². The summed E-state index contributed by atoms with van der Waals surface area (Å²) < 4.78 is 38.5. The molecule has 0 bridgehead atoms. The number of nitrogens with zero attached hydrogens (tertiary/aromatic N) is 1. The van der Waals surface area contributed by atoms with E-state index < -0.39 is 11.7 Å². The van der Waals surface area contributed by atoms with Crippen molar-refractivity contribution >= 4 is 5.91 Å². The molecular weight excluding hydrogens is 269 g/mol. The highest BCUT2D eigenvalue weighted by molar-refractivity contribution is 5.78. The summed E-state index contributed by atoms with van der Waals surface area (Å²) in [5.74, 6) is -0.0214. The van der Waals surface area contributed by atoms with E-state index in [-0.39, 0.29) is 5.91 Å². The predicted octanol–water partition coefficient (Wildman–Crippen LogP) is 2.07. The number of benzene rings is 1. The summed E-state index contributed by atoms with van der Waals surface area (Å²) in [7, 11) is 0. The van der Waals surface area contributed by atoms with Crippen molar-refractivity contribution in [2.75, 3.05) is 26.2 Å². The van der Waals surface area contributed by atoms with Crippen LogP contribution in [-0.4, -0.2) is 37.0 Å². The van der Waals surface area contributed by atoms with Crippen LogP contribution >= 0.6 is 0 Å². The van der Waals surface area contributed by atoms with E-state index in [0.717, 1.165) is 12.6 Å². The lowest BCUT2D eigenvalue weighted by Crippen LogP contribution is -2.47. The zero-order valence-electron chi connectivity index (χ0n) is 11.0. The van der Waals surface area contributed by atoms with Crippen molar-refractivity contribution in [3.8, 4) is 0 Å². The first-order valence-corrected chi connectivity index (χ1v) is 6.61. The fraction of sp³-hybridized carbons (Fsp3) is 0.500. The molecule has 0 spiro atoms. The van der Waals surface area contributed by atoms with Gasteiger partial charge in [0.05, 0.1) is 12.1 Å². The molecule has 6 heteroatoms. The molecule has 0 unspecified atom stereocenters. The maximum absolute atomic E-state index is 12.8. The topological polar surface area (TPSA) is 32.3 Å². The Bertz CT molecular complexity index is 474. The molecule has 0 saturated carbocycles. The Morgan fingerprint density at radius 1 is 1.25 bits per heavy atom. The number of carbonyl (C=O) groups is 1. The van der Waals surface area contributed by atoms with Gasteiger partial charge in [0, 0.05) is 13.1 Å². The van der Waals surface area contributed by atoms with Crippen LogP contribution in [-0.2, 0) is 17.4 Å². The Morgan fingerprint density at radius 2 is 2.00 bits per heavy atom. The zero-order valence-corrected chi connectivity index (χ0v) is 11.0. The van der Waals surface area contributed by atoms with E-state index >= 15 is 0 Å². The van der Waals surface area contributed by atoms with Gasteiger partial charge in [-0.05, 0) is 31.0 Å². The van der Waals surface area contributed by atoms with E-state index in [1.54, 1.807) is 6.07 Å². The van der Waals surface area contributed by atoms with Gasteiger partial charge in [-0.2, -0.15) is 13.2 Å². The monoisotopic (exact) mass is 286 g/mol. The van der Waals surface area contributed by atoms with E-state index in [4.69, 9.17) is 0 Å². The van der Waals surface area contributed by atoms with Crippen molar-refractivity contribution in [1.29, 1.82) is 0 Å². The summed E-state index contributed by atoms with van der Waals surface area (Å²) in [6.07, 6.45) is -3.32. The fourth-order valence-electron chi connectivity index (χ4n) is 2.39. The number of halogens is 3. The molecule has 2 rings (SSSR count). The second-order valence-corrected chi connectivity index (χ2v) is 4.88. The first-order valence-electron chi connectivity index (χ1n) is 6.61. The molecule has 1 fully saturated rings. The van der Waals surface area contributed by atoms with Gasteiger partial charge in [-0.25, -0.2) is 0 Å². The summed E-state index contributed by atoms with van der Waals surface area (Å²) in [6, 6.07) is 5.66. The van der Waals surface area contributed by atoms with Gasteiger partial charge in [-0.3, -0.25) is 9.69 Å². The highest BCUT2D eigenvalue weighted by Crippen LogP contribution is 2.32. The molecule has 1 amide bonds. The third-order valence-corrected chi connectivity index (χ3v) is 3.36. The largest absolute Gasteiger partial charge is 0.416 e. The number of hydrogen-bond acceptors (Lipinski definition) is 2. The summed E-state index contributed by atoms with van der Waals surface area (Å²) in [6.45, 7) is 2.34. The van der Waals surface area contributed by atoms with Gasteiger partial charge >= 0.3 is 6.18 Å². The van der Waals surface area contributed by atoms with E-state index in [2.05, 4.69) is 5.32 Å². The molecule has 1 N–H and O–H groups in total. The molecule has 1 aromatic carbocycles. The van der Waals surface area contributed by atoms with Crippen molar-refractivity contribution < 1.29 is 18.0 Å². The van der Waals surface area contributed by atoms with Gasteiger partial charge in [0.15, 0.2) is 0 Å². The molecule has 1 aromatic rings. The molecule has 1 heterocycles. The number of alkyl halides is 3. The minimum atomic E-state index is -4.30.